The molecule has 1 atom stereocenters. The number of ether oxygens (including phenoxy) is 1. The van der Waals surface area contributed by atoms with E-state index in [1.807, 2.05) is 0 Å². The van der Waals surface area contributed by atoms with E-state index < -0.39 is 25.3 Å². The third-order valence-electron chi connectivity index (χ3n) is 1.98. The van der Waals surface area contributed by atoms with Gasteiger partial charge in [-0.25, -0.2) is 0 Å². The highest BCUT2D eigenvalue weighted by Gasteiger charge is 2.30. The van der Waals surface area contributed by atoms with Gasteiger partial charge in [0.15, 0.2) is 0 Å². The van der Waals surface area contributed by atoms with Gasteiger partial charge in [0, 0.05) is 6.04 Å². The first kappa shape index (κ1) is 16.9. The van der Waals surface area contributed by atoms with Crippen molar-refractivity contribution in [3.8, 4) is 5.75 Å². The third kappa shape index (κ3) is 6.02. The van der Waals surface area contributed by atoms with Gasteiger partial charge in [0.25, 0.3) is 0 Å². The smallest absolute Gasteiger partial charge is 0.390 e. The van der Waals surface area contributed by atoms with E-state index in [4.69, 9.17) is 5.73 Å². The van der Waals surface area contributed by atoms with Gasteiger partial charge in [0.1, 0.15) is 5.75 Å². The van der Waals surface area contributed by atoms with Crippen LogP contribution in [0.2, 0.25) is 0 Å². The van der Waals surface area contributed by atoms with Gasteiger partial charge in [-0.15, -0.1) is 12.4 Å². The predicted octanol–water partition coefficient (Wildman–Crippen LogP) is 3.66. The summed E-state index contributed by atoms with van der Waals surface area (Å²) in [5.41, 5.74) is 5.54. The Morgan fingerprint density at radius 3 is 2.00 bits per heavy atom. The van der Waals surface area contributed by atoms with Crippen molar-refractivity contribution in [3.05, 3.63) is 29.8 Å². The van der Waals surface area contributed by atoms with E-state index >= 15 is 0 Å². The van der Waals surface area contributed by atoms with Crippen molar-refractivity contribution >= 4 is 12.4 Å². The predicted molar refractivity (Wildman–Crippen MR) is 57.9 cm³/mol. The molecule has 0 fully saturated rings. The largest absolute Gasteiger partial charge is 0.435 e. The molecule has 18 heavy (non-hydrogen) atoms. The molecule has 0 radical (unpaired) electrons. The van der Waals surface area contributed by atoms with Crippen LogP contribution in [0.4, 0.5) is 22.0 Å². The molecule has 0 heterocycles. The zero-order valence-corrected chi connectivity index (χ0v) is 9.77. The molecule has 2 nitrogen and oxygen atoms in total. The van der Waals surface area contributed by atoms with E-state index in [1.54, 1.807) is 0 Å². The first-order valence-electron chi connectivity index (χ1n) is 4.65. The van der Waals surface area contributed by atoms with Crippen molar-refractivity contribution < 1.29 is 26.7 Å². The minimum atomic E-state index is -4.36. The quantitative estimate of drug-likeness (QED) is 0.859. The fourth-order valence-electron chi connectivity index (χ4n) is 1.26. The first-order valence-corrected chi connectivity index (χ1v) is 4.65. The van der Waals surface area contributed by atoms with E-state index in [9.17, 15) is 22.0 Å². The molecule has 0 aliphatic carbocycles. The molecule has 0 bridgehead atoms. The standard InChI is InChI=1S/C10H10F5NO.ClH/c11-9(12)17-7-3-1-6(2-4-7)8(16)5-10(13,14)15;/h1-4,8-9H,5,16H2;1H/t8-;/m0./s1. The van der Waals surface area contributed by atoms with Crippen molar-refractivity contribution in [3.63, 3.8) is 0 Å². The maximum Gasteiger partial charge on any atom is 0.390 e. The zero-order chi connectivity index (χ0) is 13.1. The van der Waals surface area contributed by atoms with Crippen molar-refractivity contribution in [1.29, 1.82) is 0 Å². The van der Waals surface area contributed by atoms with Crippen LogP contribution in [0, 0.1) is 0 Å². The molecule has 1 aromatic carbocycles. The topological polar surface area (TPSA) is 35.2 Å². The average molecular weight is 292 g/mol. The lowest BCUT2D eigenvalue weighted by atomic mass is 10.0. The van der Waals surface area contributed by atoms with Gasteiger partial charge < -0.3 is 10.5 Å². The highest BCUT2D eigenvalue weighted by atomic mass is 35.5. The van der Waals surface area contributed by atoms with Crippen LogP contribution in [0.5, 0.6) is 5.75 Å². The Morgan fingerprint density at radius 2 is 1.61 bits per heavy atom. The van der Waals surface area contributed by atoms with E-state index in [1.165, 1.54) is 12.1 Å². The van der Waals surface area contributed by atoms with Crippen LogP contribution in [0.15, 0.2) is 24.3 Å². The normalized spacial score (nSPS) is 13.1. The van der Waals surface area contributed by atoms with E-state index in [2.05, 4.69) is 4.74 Å². The Bertz CT molecular complexity index is 354. The van der Waals surface area contributed by atoms with Gasteiger partial charge >= 0.3 is 12.8 Å². The molecular formula is C10H11ClF5NO. The van der Waals surface area contributed by atoms with Crippen LogP contribution in [0.25, 0.3) is 0 Å². The first-order chi connectivity index (χ1) is 7.78. The molecule has 104 valence electrons. The number of rotatable bonds is 4. The number of nitrogens with two attached hydrogens (primary N) is 1. The van der Waals surface area contributed by atoms with E-state index in [0.717, 1.165) is 12.1 Å². The minimum Gasteiger partial charge on any atom is -0.435 e. The summed E-state index contributed by atoms with van der Waals surface area (Å²) < 4.78 is 63.8. The molecule has 0 amide bonds. The number of benzene rings is 1. The van der Waals surface area contributed by atoms with Crippen LogP contribution in [-0.2, 0) is 0 Å². The maximum atomic E-state index is 12.0. The Kier molecular flexibility index (Phi) is 6.34. The second-order valence-electron chi connectivity index (χ2n) is 3.37. The van der Waals surface area contributed by atoms with Crippen LogP contribution in [0.1, 0.15) is 18.0 Å². The van der Waals surface area contributed by atoms with E-state index in [-0.39, 0.29) is 23.7 Å². The summed E-state index contributed by atoms with van der Waals surface area (Å²) in [5.74, 6) is -0.122. The molecule has 8 heteroatoms. The number of alkyl halides is 5. The number of halogens is 6. The lowest BCUT2D eigenvalue weighted by Crippen LogP contribution is -2.20. The maximum absolute atomic E-state index is 12.0. The van der Waals surface area contributed by atoms with Crippen molar-refractivity contribution in [1.82, 2.24) is 0 Å². The summed E-state index contributed by atoms with van der Waals surface area (Å²) >= 11 is 0. The van der Waals surface area contributed by atoms with Crippen molar-refractivity contribution in [2.75, 3.05) is 0 Å². The lowest BCUT2D eigenvalue weighted by molar-refractivity contribution is -0.138. The number of hydrogen-bond donors (Lipinski definition) is 1. The SMILES string of the molecule is Cl.N[C@@H](CC(F)(F)F)c1ccc(OC(F)F)cc1. The Labute approximate surface area is 106 Å². The summed E-state index contributed by atoms with van der Waals surface area (Å²) in [7, 11) is 0. The third-order valence-corrected chi connectivity index (χ3v) is 1.98. The van der Waals surface area contributed by atoms with Gasteiger partial charge in [-0.2, -0.15) is 22.0 Å². The Hall–Kier alpha value is -1.08. The molecule has 0 saturated carbocycles. The molecule has 0 spiro atoms. The van der Waals surface area contributed by atoms with Crippen LogP contribution in [0.3, 0.4) is 0 Å². The Balaban J connectivity index is 0.00000289. The monoisotopic (exact) mass is 291 g/mol. The summed E-state index contributed by atoms with van der Waals surface area (Å²) in [5, 5.41) is 0. The fourth-order valence-corrected chi connectivity index (χ4v) is 1.26. The van der Waals surface area contributed by atoms with Gasteiger partial charge in [0.05, 0.1) is 6.42 Å². The molecule has 0 saturated heterocycles. The van der Waals surface area contributed by atoms with E-state index in [0.29, 0.717) is 0 Å². The number of hydrogen-bond acceptors (Lipinski definition) is 2. The minimum absolute atomic E-state index is 0. The van der Waals surface area contributed by atoms with Gasteiger partial charge in [0.2, 0.25) is 0 Å². The van der Waals surface area contributed by atoms with Crippen LogP contribution in [-0.4, -0.2) is 12.8 Å². The molecule has 0 aliphatic heterocycles. The molecule has 0 aromatic heterocycles. The van der Waals surface area contributed by atoms with Crippen LogP contribution >= 0.6 is 12.4 Å². The second kappa shape index (κ2) is 6.75. The summed E-state index contributed by atoms with van der Waals surface area (Å²) in [6, 6.07) is 3.55. The molecule has 2 N–H and O–H groups in total. The van der Waals surface area contributed by atoms with Gasteiger partial charge in [-0.05, 0) is 17.7 Å². The molecule has 0 aliphatic rings. The molecule has 1 rings (SSSR count). The fraction of sp³-hybridized carbons (Fsp3) is 0.400. The van der Waals surface area contributed by atoms with Crippen molar-refractivity contribution in [2.45, 2.75) is 25.3 Å². The van der Waals surface area contributed by atoms with Crippen LogP contribution < -0.4 is 10.5 Å². The Morgan fingerprint density at radius 1 is 1.11 bits per heavy atom. The lowest BCUT2D eigenvalue weighted by Gasteiger charge is -2.14. The molecular weight excluding hydrogens is 281 g/mol. The summed E-state index contributed by atoms with van der Waals surface area (Å²) in [6.45, 7) is -2.97. The highest BCUT2D eigenvalue weighted by molar-refractivity contribution is 5.85. The summed E-state index contributed by atoms with van der Waals surface area (Å²) in [6.07, 6.45) is -5.53. The second-order valence-corrected chi connectivity index (χ2v) is 3.37. The van der Waals surface area contributed by atoms with Crippen molar-refractivity contribution in [2.24, 2.45) is 5.73 Å². The zero-order valence-electron chi connectivity index (χ0n) is 8.95. The van der Waals surface area contributed by atoms with Gasteiger partial charge in [-0.1, -0.05) is 12.1 Å². The molecule has 1 aromatic rings. The molecule has 0 unspecified atom stereocenters. The highest BCUT2D eigenvalue weighted by Crippen LogP contribution is 2.28. The van der Waals surface area contributed by atoms with Gasteiger partial charge in [-0.3, -0.25) is 0 Å². The summed E-state index contributed by atoms with van der Waals surface area (Å²) in [4.78, 5) is 0. The average Bonchev–Trinajstić information content (AvgIpc) is 2.15.